The van der Waals surface area contributed by atoms with Gasteiger partial charge in [0.1, 0.15) is 0 Å². The molecule has 1 atom stereocenters. The van der Waals surface area contributed by atoms with E-state index < -0.39 is 0 Å². The summed E-state index contributed by atoms with van der Waals surface area (Å²) in [7, 11) is 3.31. The molecule has 0 heterocycles. The molecule has 0 bridgehead atoms. The van der Waals surface area contributed by atoms with Crippen LogP contribution in [0.1, 0.15) is 45.2 Å². The Morgan fingerprint density at radius 2 is 1.86 bits per heavy atom. The maximum Gasteiger partial charge on any atom is 0.160 e. The van der Waals surface area contributed by atoms with Crippen molar-refractivity contribution in [1.82, 2.24) is 4.90 Å². The van der Waals surface area contributed by atoms with E-state index in [1.807, 2.05) is 12.1 Å². The summed E-state index contributed by atoms with van der Waals surface area (Å²) in [6, 6.07) is 6.35. The third-order valence-corrected chi connectivity index (χ3v) is 4.15. The molecular weight excluding hydrogens is 266 g/mol. The summed E-state index contributed by atoms with van der Waals surface area (Å²) in [5.41, 5.74) is 1.15. The number of hydrogen-bond acceptors (Lipinski definition) is 4. The summed E-state index contributed by atoms with van der Waals surface area (Å²) in [5, 5.41) is 9.74. The zero-order chi connectivity index (χ0) is 15.8. The van der Waals surface area contributed by atoms with E-state index in [0.29, 0.717) is 11.8 Å². The van der Waals surface area contributed by atoms with Crippen molar-refractivity contribution in [3.8, 4) is 11.5 Å². The van der Waals surface area contributed by atoms with Crippen LogP contribution in [0.3, 0.4) is 0 Å². The largest absolute Gasteiger partial charge is 0.504 e. The molecule has 21 heavy (non-hydrogen) atoms. The molecule has 0 aliphatic rings. The van der Waals surface area contributed by atoms with Crippen molar-refractivity contribution in [2.45, 2.75) is 45.7 Å². The number of aromatic hydroxyl groups is 1. The third-order valence-electron chi connectivity index (χ3n) is 4.15. The molecule has 1 N–H and O–H groups in total. The number of benzene rings is 1. The Morgan fingerprint density at radius 1 is 1.19 bits per heavy atom. The molecule has 0 amide bonds. The quantitative estimate of drug-likeness (QED) is 0.756. The maximum absolute atomic E-state index is 9.74. The molecule has 1 unspecified atom stereocenters. The number of rotatable bonds is 9. The first kappa shape index (κ1) is 17.8. The fourth-order valence-corrected chi connectivity index (χ4v) is 2.79. The topological polar surface area (TPSA) is 41.9 Å². The van der Waals surface area contributed by atoms with Gasteiger partial charge in [-0.2, -0.15) is 0 Å². The first-order valence-electron chi connectivity index (χ1n) is 7.70. The Morgan fingerprint density at radius 3 is 2.38 bits per heavy atom. The molecule has 4 nitrogen and oxygen atoms in total. The lowest BCUT2D eigenvalue weighted by Gasteiger charge is -2.36. The lowest BCUT2D eigenvalue weighted by Crippen LogP contribution is -2.39. The molecule has 0 saturated heterocycles. The van der Waals surface area contributed by atoms with Crippen molar-refractivity contribution in [3.63, 3.8) is 0 Å². The monoisotopic (exact) mass is 295 g/mol. The van der Waals surface area contributed by atoms with Gasteiger partial charge < -0.3 is 14.6 Å². The molecule has 120 valence electrons. The van der Waals surface area contributed by atoms with E-state index >= 15 is 0 Å². The van der Waals surface area contributed by atoms with Gasteiger partial charge in [0.05, 0.1) is 13.7 Å². The second-order valence-corrected chi connectivity index (χ2v) is 5.31. The van der Waals surface area contributed by atoms with Crippen molar-refractivity contribution in [1.29, 1.82) is 0 Å². The Balaban J connectivity index is 3.00. The molecule has 0 saturated carbocycles. The molecule has 4 heteroatoms. The van der Waals surface area contributed by atoms with E-state index in [9.17, 15) is 5.11 Å². The van der Waals surface area contributed by atoms with E-state index in [4.69, 9.17) is 9.47 Å². The Labute approximate surface area is 128 Å². The van der Waals surface area contributed by atoms with Crippen molar-refractivity contribution in [2.75, 3.05) is 27.4 Å². The number of ether oxygens (including phenoxy) is 2. The normalized spacial score (nSPS) is 12.9. The van der Waals surface area contributed by atoms with Gasteiger partial charge in [0.2, 0.25) is 0 Å². The van der Waals surface area contributed by atoms with Gasteiger partial charge >= 0.3 is 0 Å². The molecule has 1 aromatic rings. The van der Waals surface area contributed by atoms with Crippen LogP contribution in [0.5, 0.6) is 11.5 Å². The summed E-state index contributed by atoms with van der Waals surface area (Å²) >= 11 is 0. The Bertz CT molecular complexity index is 418. The summed E-state index contributed by atoms with van der Waals surface area (Å²) in [6.45, 7) is 8.25. The number of hydrogen-bond donors (Lipinski definition) is 1. The maximum atomic E-state index is 9.74. The van der Waals surface area contributed by atoms with Crippen LogP contribution < -0.4 is 4.74 Å². The molecule has 0 spiro atoms. The molecule has 1 aromatic carbocycles. The van der Waals surface area contributed by atoms with Gasteiger partial charge in [0, 0.05) is 25.7 Å². The number of nitrogens with zero attached hydrogens (tertiary/aromatic N) is 1. The zero-order valence-corrected chi connectivity index (χ0v) is 13.9. The smallest absolute Gasteiger partial charge is 0.160 e. The van der Waals surface area contributed by atoms with E-state index in [-0.39, 0.29) is 11.8 Å². The summed E-state index contributed by atoms with van der Waals surface area (Å²) in [6.07, 6.45) is 2.22. The van der Waals surface area contributed by atoms with Crippen LogP contribution in [0, 0.1) is 0 Å². The highest BCUT2D eigenvalue weighted by Gasteiger charge is 2.22. The van der Waals surface area contributed by atoms with Gasteiger partial charge in [0.15, 0.2) is 11.5 Å². The van der Waals surface area contributed by atoms with Crippen LogP contribution >= 0.6 is 0 Å². The van der Waals surface area contributed by atoms with Crippen LogP contribution in [-0.2, 0) is 4.74 Å². The van der Waals surface area contributed by atoms with Gasteiger partial charge in [-0.1, -0.05) is 19.9 Å². The van der Waals surface area contributed by atoms with E-state index in [1.54, 1.807) is 20.3 Å². The fourth-order valence-electron chi connectivity index (χ4n) is 2.79. The average Bonchev–Trinajstić information content (AvgIpc) is 2.51. The van der Waals surface area contributed by atoms with E-state index in [2.05, 4.69) is 25.7 Å². The van der Waals surface area contributed by atoms with Gasteiger partial charge in [0.25, 0.3) is 0 Å². The molecule has 0 aliphatic carbocycles. The van der Waals surface area contributed by atoms with Crippen molar-refractivity contribution >= 4 is 0 Å². The van der Waals surface area contributed by atoms with Crippen LogP contribution in [-0.4, -0.2) is 43.4 Å². The second-order valence-electron chi connectivity index (χ2n) is 5.31. The van der Waals surface area contributed by atoms with Crippen molar-refractivity contribution < 1.29 is 14.6 Å². The van der Waals surface area contributed by atoms with Crippen molar-refractivity contribution in [2.24, 2.45) is 0 Å². The zero-order valence-electron chi connectivity index (χ0n) is 13.9. The first-order valence-corrected chi connectivity index (χ1v) is 7.70. The summed E-state index contributed by atoms with van der Waals surface area (Å²) < 4.78 is 10.5. The standard InChI is InChI=1S/C17H29NO3/c1-6-15(7-2)18(10-11-20-4)13(3)14-8-9-16(19)17(12-14)21-5/h8-9,12-13,15,19H,6-7,10-11H2,1-5H3. The minimum atomic E-state index is 0.180. The third kappa shape index (κ3) is 4.61. The molecule has 0 radical (unpaired) electrons. The van der Waals surface area contributed by atoms with Crippen LogP contribution in [0.4, 0.5) is 0 Å². The number of methoxy groups -OCH3 is 2. The summed E-state index contributed by atoms with van der Waals surface area (Å²) in [5.74, 6) is 0.704. The SMILES string of the molecule is CCC(CC)N(CCOC)C(C)c1ccc(O)c(OC)c1. The van der Waals surface area contributed by atoms with E-state index in [1.165, 1.54) is 0 Å². The predicted octanol–water partition coefficient (Wildman–Crippen LogP) is 3.60. The van der Waals surface area contributed by atoms with E-state index in [0.717, 1.165) is 31.6 Å². The highest BCUT2D eigenvalue weighted by Crippen LogP contribution is 2.32. The highest BCUT2D eigenvalue weighted by molar-refractivity contribution is 5.42. The van der Waals surface area contributed by atoms with Gasteiger partial charge in [-0.25, -0.2) is 0 Å². The lowest BCUT2D eigenvalue weighted by molar-refractivity contribution is 0.0853. The molecule has 1 rings (SSSR count). The lowest BCUT2D eigenvalue weighted by atomic mass is 10.0. The first-order chi connectivity index (χ1) is 10.1. The molecule has 0 aromatic heterocycles. The minimum absolute atomic E-state index is 0.180. The van der Waals surface area contributed by atoms with Crippen molar-refractivity contribution in [3.05, 3.63) is 23.8 Å². The highest BCUT2D eigenvalue weighted by atomic mass is 16.5. The molecular formula is C17H29NO3. The number of phenols is 1. The second kappa shape index (κ2) is 8.90. The minimum Gasteiger partial charge on any atom is -0.504 e. The average molecular weight is 295 g/mol. The van der Waals surface area contributed by atoms with Gasteiger partial charge in [-0.3, -0.25) is 4.90 Å². The Hall–Kier alpha value is -1.26. The van der Waals surface area contributed by atoms with Crippen LogP contribution in [0.15, 0.2) is 18.2 Å². The number of phenolic OH excluding ortho intramolecular Hbond substituents is 1. The molecule has 0 aliphatic heterocycles. The Kier molecular flexibility index (Phi) is 7.54. The van der Waals surface area contributed by atoms with Gasteiger partial charge in [-0.05, 0) is 37.5 Å². The fraction of sp³-hybridized carbons (Fsp3) is 0.647. The van der Waals surface area contributed by atoms with Crippen LogP contribution in [0.25, 0.3) is 0 Å². The summed E-state index contributed by atoms with van der Waals surface area (Å²) in [4.78, 5) is 2.47. The predicted molar refractivity (Wildman–Crippen MR) is 86.0 cm³/mol. The van der Waals surface area contributed by atoms with Gasteiger partial charge in [-0.15, -0.1) is 0 Å². The van der Waals surface area contributed by atoms with Crippen LogP contribution in [0.2, 0.25) is 0 Å². The molecule has 0 fully saturated rings.